The molecular formula is C15H18F4O2. The van der Waals surface area contributed by atoms with E-state index in [1.165, 1.54) is 0 Å². The van der Waals surface area contributed by atoms with Crippen molar-refractivity contribution < 1.29 is 27.4 Å². The summed E-state index contributed by atoms with van der Waals surface area (Å²) in [4.78, 5) is 0. The molecule has 21 heavy (non-hydrogen) atoms. The first-order chi connectivity index (χ1) is 9.92. The third-order valence-corrected chi connectivity index (χ3v) is 3.79. The number of aliphatic hydroxyl groups is 1. The van der Waals surface area contributed by atoms with Gasteiger partial charge in [-0.05, 0) is 29.9 Å². The van der Waals surface area contributed by atoms with Crippen LogP contribution in [0, 0.1) is 0 Å². The maximum absolute atomic E-state index is 12.7. The normalized spacial score (nSPS) is 17.8. The van der Waals surface area contributed by atoms with Gasteiger partial charge in [0.2, 0.25) is 0 Å². The second-order valence-electron chi connectivity index (χ2n) is 5.35. The van der Waals surface area contributed by atoms with Crippen molar-refractivity contribution in [3.8, 4) is 0 Å². The number of aliphatic hydroxyl groups excluding tert-OH is 1. The molecule has 1 fully saturated rings. The van der Waals surface area contributed by atoms with Gasteiger partial charge in [-0.1, -0.05) is 30.7 Å². The predicted octanol–water partition coefficient (Wildman–Crippen LogP) is 3.90. The van der Waals surface area contributed by atoms with Crippen molar-refractivity contribution in [2.75, 3.05) is 13.2 Å². The molecular weight excluding hydrogens is 288 g/mol. The zero-order valence-electron chi connectivity index (χ0n) is 11.4. The number of hydrogen-bond donors (Lipinski definition) is 1. The minimum Gasteiger partial charge on any atom is -0.386 e. The molecule has 1 aromatic rings. The number of halogens is 4. The highest BCUT2D eigenvalue weighted by molar-refractivity contribution is 5.33. The smallest absolute Gasteiger partial charge is 0.330 e. The monoisotopic (exact) mass is 306 g/mol. The highest BCUT2D eigenvalue weighted by Crippen LogP contribution is 2.39. The lowest BCUT2D eigenvalue weighted by molar-refractivity contribution is -0.170. The van der Waals surface area contributed by atoms with Crippen LogP contribution in [0.2, 0.25) is 0 Å². The number of rotatable bonds is 7. The van der Waals surface area contributed by atoms with Gasteiger partial charge in [0.05, 0.1) is 6.61 Å². The van der Waals surface area contributed by atoms with Crippen LogP contribution in [0.4, 0.5) is 17.6 Å². The van der Waals surface area contributed by atoms with Crippen LogP contribution in [0.25, 0.3) is 0 Å². The van der Waals surface area contributed by atoms with E-state index in [2.05, 4.69) is 4.74 Å². The van der Waals surface area contributed by atoms with Crippen molar-refractivity contribution in [3.05, 3.63) is 35.4 Å². The maximum atomic E-state index is 12.7. The standard InChI is InChI=1S/C15H18F4O2/c16-14(17)15(18,19)9-21-8-13(20)12-7-2-1-6-11(12)10-4-3-5-10/h1-2,6-7,10,13-14,20H,3-5,8-9H2. The van der Waals surface area contributed by atoms with Gasteiger partial charge >= 0.3 is 12.3 Å². The van der Waals surface area contributed by atoms with Gasteiger partial charge in [-0.25, -0.2) is 8.78 Å². The molecule has 0 aliphatic heterocycles. The lowest BCUT2D eigenvalue weighted by Gasteiger charge is -2.29. The fraction of sp³-hybridized carbons (Fsp3) is 0.600. The van der Waals surface area contributed by atoms with Crippen LogP contribution in [-0.2, 0) is 4.74 Å². The van der Waals surface area contributed by atoms with E-state index in [-0.39, 0.29) is 0 Å². The third kappa shape index (κ3) is 3.95. The van der Waals surface area contributed by atoms with Gasteiger partial charge in [0.15, 0.2) is 0 Å². The topological polar surface area (TPSA) is 29.5 Å². The SMILES string of the molecule is OC(COCC(F)(F)C(F)F)c1ccccc1C1CCC1. The molecule has 1 aromatic carbocycles. The van der Waals surface area contributed by atoms with E-state index in [9.17, 15) is 22.7 Å². The molecule has 1 N–H and O–H groups in total. The predicted molar refractivity (Wildman–Crippen MR) is 69.8 cm³/mol. The Kier molecular flexibility index (Phi) is 5.22. The largest absolute Gasteiger partial charge is 0.386 e. The van der Waals surface area contributed by atoms with E-state index in [0.29, 0.717) is 11.5 Å². The molecule has 1 aliphatic rings. The first-order valence-corrected chi connectivity index (χ1v) is 6.92. The minimum atomic E-state index is -4.19. The highest BCUT2D eigenvalue weighted by atomic mass is 19.3. The lowest BCUT2D eigenvalue weighted by atomic mass is 9.77. The zero-order valence-corrected chi connectivity index (χ0v) is 11.4. The van der Waals surface area contributed by atoms with Gasteiger partial charge in [-0.15, -0.1) is 0 Å². The van der Waals surface area contributed by atoms with Crippen molar-refractivity contribution >= 4 is 0 Å². The average molecular weight is 306 g/mol. The Bertz CT molecular complexity index is 461. The summed E-state index contributed by atoms with van der Waals surface area (Å²) in [5.74, 6) is -3.81. The molecule has 6 heteroatoms. The van der Waals surface area contributed by atoms with Gasteiger partial charge in [0.25, 0.3) is 0 Å². The Labute approximate surface area is 120 Å². The zero-order chi connectivity index (χ0) is 15.5. The van der Waals surface area contributed by atoms with Crippen LogP contribution in [0.15, 0.2) is 24.3 Å². The fourth-order valence-corrected chi connectivity index (χ4v) is 2.36. The molecule has 118 valence electrons. The quantitative estimate of drug-likeness (QED) is 0.774. The Morgan fingerprint density at radius 1 is 1.24 bits per heavy atom. The Balaban J connectivity index is 1.93. The van der Waals surface area contributed by atoms with Gasteiger partial charge in [0.1, 0.15) is 12.7 Å². The molecule has 1 atom stereocenters. The number of ether oxygens (including phenoxy) is 1. The maximum Gasteiger partial charge on any atom is 0.330 e. The van der Waals surface area contributed by atoms with Crippen LogP contribution in [0.1, 0.15) is 42.4 Å². The molecule has 0 heterocycles. The first-order valence-electron chi connectivity index (χ1n) is 6.92. The average Bonchev–Trinajstić information content (AvgIpc) is 2.36. The van der Waals surface area contributed by atoms with E-state index < -0.39 is 31.7 Å². The van der Waals surface area contributed by atoms with Crippen molar-refractivity contribution in [2.24, 2.45) is 0 Å². The summed E-state index contributed by atoms with van der Waals surface area (Å²) in [6, 6.07) is 7.22. The molecule has 0 amide bonds. The van der Waals surface area contributed by atoms with Crippen molar-refractivity contribution in [1.82, 2.24) is 0 Å². The summed E-state index contributed by atoms with van der Waals surface area (Å²) in [6.07, 6.45) is -1.65. The second kappa shape index (κ2) is 6.75. The number of alkyl halides is 4. The summed E-state index contributed by atoms with van der Waals surface area (Å²) >= 11 is 0. The van der Waals surface area contributed by atoms with Crippen LogP contribution < -0.4 is 0 Å². The Morgan fingerprint density at radius 2 is 1.90 bits per heavy atom. The van der Waals surface area contributed by atoms with E-state index in [4.69, 9.17) is 0 Å². The molecule has 0 bridgehead atoms. The van der Waals surface area contributed by atoms with Gasteiger partial charge in [-0.2, -0.15) is 8.78 Å². The summed E-state index contributed by atoms with van der Waals surface area (Å²) in [5, 5.41) is 10.0. The second-order valence-corrected chi connectivity index (χ2v) is 5.35. The fourth-order valence-electron chi connectivity index (χ4n) is 2.36. The van der Waals surface area contributed by atoms with Gasteiger partial charge < -0.3 is 9.84 Å². The summed E-state index contributed by atoms with van der Waals surface area (Å²) in [6.45, 7) is -1.82. The van der Waals surface area contributed by atoms with Crippen LogP contribution in [0.5, 0.6) is 0 Å². The number of hydrogen-bond acceptors (Lipinski definition) is 2. The molecule has 2 rings (SSSR count). The molecule has 2 nitrogen and oxygen atoms in total. The van der Waals surface area contributed by atoms with Crippen molar-refractivity contribution in [1.29, 1.82) is 0 Å². The summed E-state index contributed by atoms with van der Waals surface area (Å²) in [5.41, 5.74) is 1.61. The lowest BCUT2D eigenvalue weighted by Crippen LogP contribution is -2.33. The van der Waals surface area contributed by atoms with Crippen LogP contribution >= 0.6 is 0 Å². The molecule has 1 unspecified atom stereocenters. The van der Waals surface area contributed by atoms with E-state index >= 15 is 0 Å². The van der Waals surface area contributed by atoms with E-state index in [1.807, 2.05) is 12.1 Å². The van der Waals surface area contributed by atoms with Gasteiger partial charge in [-0.3, -0.25) is 0 Å². The van der Waals surface area contributed by atoms with Crippen LogP contribution in [-0.4, -0.2) is 30.7 Å². The van der Waals surface area contributed by atoms with Crippen molar-refractivity contribution in [2.45, 2.75) is 43.6 Å². The number of benzene rings is 1. The molecule has 0 radical (unpaired) electrons. The summed E-state index contributed by atoms with van der Waals surface area (Å²) < 4.78 is 54.0. The molecule has 1 aliphatic carbocycles. The van der Waals surface area contributed by atoms with E-state index in [0.717, 1.165) is 24.8 Å². The molecule has 0 saturated heterocycles. The third-order valence-electron chi connectivity index (χ3n) is 3.79. The van der Waals surface area contributed by atoms with E-state index in [1.54, 1.807) is 12.1 Å². The highest BCUT2D eigenvalue weighted by Gasteiger charge is 2.41. The Hall–Kier alpha value is -1.14. The first kappa shape index (κ1) is 16.2. The molecule has 1 saturated carbocycles. The van der Waals surface area contributed by atoms with Crippen LogP contribution in [0.3, 0.4) is 0 Å². The van der Waals surface area contributed by atoms with Crippen molar-refractivity contribution in [3.63, 3.8) is 0 Å². The minimum absolute atomic E-state index is 0.373. The molecule has 0 aromatic heterocycles. The molecule has 0 spiro atoms. The summed E-state index contributed by atoms with van der Waals surface area (Å²) in [7, 11) is 0. The van der Waals surface area contributed by atoms with Gasteiger partial charge in [0, 0.05) is 0 Å². The Morgan fingerprint density at radius 3 is 2.48 bits per heavy atom.